The number of thioether (sulfide) groups is 1. The molecule has 1 aromatic carbocycles. The average molecular weight is 259 g/mol. The third-order valence-corrected chi connectivity index (χ3v) is 3.48. The van der Waals surface area contributed by atoms with E-state index in [2.05, 4.69) is 19.2 Å². The average Bonchev–Trinajstić information content (AvgIpc) is 2.31. The molecule has 0 amide bonds. The summed E-state index contributed by atoms with van der Waals surface area (Å²) in [7, 11) is 0. The van der Waals surface area contributed by atoms with Crippen LogP contribution in [-0.4, -0.2) is 18.3 Å². The summed E-state index contributed by atoms with van der Waals surface area (Å²) in [5, 5.41) is 3.39. The van der Waals surface area contributed by atoms with Gasteiger partial charge in [0.25, 0.3) is 0 Å². The van der Waals surface area contributed by atoms with E-state index in [0.29, 0.717) is 6.04 Å². The number of hydrogen-bond acceptors (Lipinski definition) is 2. The number of nitrogens with one attached hydrogen (secondary N) is 1. The van der Waals surface area contributed by atoms with Gasteiger partial charge in [-0.15, -0.1) is 11.8 Å². The van der Waals surface area contributed by atoms with Crippen molar-refractivity contribution >= 4 is 11.8 Å². The van der Waals surface area contributed by atoms with E-state index >= 15 is 0 Å². The molecule has 0 spiro atoms. The van der Waals surface area contributed by atoms with Gasteiger partial charge in [0, 0.05) is 10.9 Å². The van der Waals surface area contributed by atoms with Gasteiger partial charge in [-0.1, -0.05) is 6.92 Å². The Hall–Kier alpha value is -0.610. The Labute approximate surface area is 106 Å². The molecule has 1 nitrogen and oxygen atoms in total. The van der Waals surface area contributed by atoms with Gasteiger partial charge in [-0.3, -0.25) is 0 Å². The zero-order valence-electron chi connectivity index (χ0n) is 10.3. The Morgan fingerprint density at radius 1 is 1.29 bits per heavy atom. The standard InChI is InChI=1S/C13H19F2NS/c1-3-7-16-10(2)6-8-17-11-4-5-12(14)13(15)9-11/h4-5,9-10,16H,3,6-8H2,1-2H3. The molecule has 0 aliphatic heterocycles. The Balaban J connectivity index is 2.28. The fourth-order valence-corrected chi connectivity index (χ4v) is 2.47. The van der Waals surface area contributed by atoms with E-state index in [0.717, 1.165) is 30.0 Å². The molecule has 0 saturated heterocycles. The van der Waals surface area contributed by atoms with E-state index in [9.17, 15) is 8.78 Å². The lowest BCUT2D eigenvalue weighted by Gasteiger charge is -2.12. The molecule has 1 rings (SSSR count). The van der Waals surface area contributed by atoms with Crippen molar-refractivity contribution in [3.05, 3.63) is 29.8 Å². The molecule has 0 aliphatic rings. The first-order chi connectivity index (χ1) is 8.13. The second kappa shape index (κ2) is 7.67. The first kappa shape index (κ1) is 14.5. The predicted octanol–water partition coefficient (Wildman–Crippen LogP) is 3.84. The highest BCUT2D eigenvalue weighted by Gasteiger charge is 2.04. The Morgan fingerprint density at radius 3 is 2.71 bits per heavy atom. The molecular formula is C13H19F2NS. The van der Waals surface area contributed by atoms with Crippen molar-refractivity contribution < 1.29 is 8.78 Å². The zero-order chi connectivity index (χ0) is 12.7. The second-order valence-electron chi connectivity index (χ2n) is 4.07. The lowest BCUT2D eigenvalue weighted by Crippen LogP contribution is -2.27. The van der Waals surface area contributed by atoms with E-state index in [4.69, 9.17) is 0 Å². The summed E-state index contributed by atoms with van der Waals surface area (Å²) in [5.41, 5.74) is 0. The molecule has 4 heteroatoms. The van der Waals surface area contributed by atoms with E-state index in [1.165, 1.54) is 12.1 Å². The zero-order valence-corrected chi connectivity index (χ0v) is 11.1. The molecular weight excluding hydrogens is 240 g/mol. The van der Waals surface area contributed by atoms with Crippen LogP contribution in [0.5, 0.6) is 0 Å². The van der Waals surface area contributed by atoms with E-state index in [-0.39, 0.29) is 0 Å². The lowest BCUT2D eigenvalue weighted by atomic mass is 10.2. The molecule has 0 radical (unpaired) electrons. The molecule has 1 aromatic rings. The van der Waals surface area contributed by atoms with Crippen molar-refractivity contribution in [1.82, 2.24) is 5.32 Å². The number of rotatable bonds is 7. The topological polar surface area (TPSA) is 12.0 Å². The van der Waals surface area contributed by atoms with E-state index in [1.807, 2.05) is 0 Å². The summed E-state index contributed by atoms with van der Waals surface area (Å²) in [5.74, 6) is -0.650. The third kappa shape index (κ3) is 5.50. The molecule has 1 N–H and O–H groups in total. The number of benzene rings is 1. The molecule has 0 aliphatic carbocycles. The van der Waals surface area contributed by atoms with Gasteiger partial charge in [0.15, 0.2) is 11.6 Å². The van der Waals surface area contributed by atoms with Crippen molar-refractivity contribution in [2.24, 2.45) is 0 Å². The minimum Gasteiger partial charge on any atom is -0.314 e. The van der Waals surface area contributed by atoms with E-state index in [1.54, 1.807) is 17.8 Å². The van der Waals surface area contributed by atoms with Crippen molar-refractivity contribution in [1.29, 1.82) is 0 Å². The summed E-state index contributed by atoms with van der Waals surface area (Å²) < 4.78 is 25.6. The van der Waals surface area contributed by atoms with Crippen LogP contribution in [0.4, 0.5) is 8.78 Å². The monoisotopic (exact) mass is 259 g/mol. The Bertz CT molecular complexity index is 344. The van der Waals surface area contributed by atoms with Crippen LogP contribution < -0.4 is 5.32 Å². The molecule has 17 heavy (non-hydrogen) atoms. The predicted molar refractivity (Wildman–Crippen MR) is 69.5 cm³/mol. The maximum atomic E-state index is 12.9. The molecule has 0 aromatic heterocycles. The summed E-state index contributed by atoms with van der Waals surface area (Å²) >= 11 is 1.56. The fraction of sp³-hybridized carbons (Fsp3) is 0.538. The minimum atomic E-state index is -0.785. The molecule has 0 fully saturated rings. The SMILES string of the molecule is CCCNC(C)CCSc1ccc(F)c(F)c1. The molecule has 96 valence electrons. The first-order valence-corrected chi connectivity index (χ1v) is 6.93. The molecule has 0 saturated carbocycles. The van der Waals surface area contributed by atoms with Gasteiger partial charge in [0.05, 0.1) is 0 Å². The molecule has 1 unspecified atom stereocenters. The van der Waals surface area contributed by atoms with Gasteiger partial charge in [-0.05, 0) is 50.3 Å². The maximum absolute atomic E-state index is 12.9. The van der Waals surface area contributed by atoms with Gasteiger partial charge in [0.1, 0.15) is 0 Å². The van der Waals surface area contributed by atoms with Crippen molar-refractivity contribution in [2.75, 3.05) is 12.3 Å². The minimum absolute atomic E-state index is 0.466. The van der Waals surface area contributed by atoms with E-state index < -0.39 is 11.6 Å². The smallest absolute Gasteiger partial charge is 0.159 e. The maximum Gasteiger partial charge on any atom is 0.159 e. The van der Waals surface area contributed by atoms with Crippen LogP contribution in [0.2, 0.25) is 0 Å². The van der Waals surface area contributed by atoms with Crippen molar-refractivity contribution in [3.8, 4) is 0 Å². The highest BCUT2D eigenvalue weighted by molar-refractivity contribution is 7.99. The highest BCUT2D eigenvalue weighted by atomic mass is 32.2. The third-order valence-electron chi connectivity index (χ3n) is 2.45. The van der Waals surface area contributed by atoms with Gasteiger partial charge >= 0.3 is 0 Å². The van der Waals surface area contributed by atoms with Gasteiger partial charge in [0.2, 0.25) is 0 Å². The van der Waals surface area contributed by atoms with Crippen LogP contribution in [0.1, 0.15) is 26.7 Å². The van der Waals surface area contributed by atoms with Gasteiger partial charge in [-0.25, -0.2) is 8.78 Å². The quantitative estimate of drug-likeness (QED) is 0.747. The van der Waals surface area contributed by atoms with Crippen molar-refractivity contribution in [2.45, 2.75) is 37.6 Å². The fourth-order valence-electron chi connectivity index (χ4n) is 1.41. The van der Waals surface area contributed by atoms with Crippen molar-refractivity contribution in [3.63, 3.8) is 0 Å². The van der Waals surface area contributed by atoms with Gasteiger partial charge in [-0.2, -0.15) is 0 Å². The largest absolute Gasteiger partial charge is 0.314 e. The number of halogens is 2. The summed E-state index contributed by atoms with van der Waals surface area (Å²) in [6, 6.07) is 4.51. The second-order valence-corrected chi connectivity index (χ2v) is 5.24. The lowest BCUT2D eigenvalue weighted by molar-refractivity contribution is 0.506. The van der Waals surface area contributed by atoms with Crippen LogP contribution >= 0.6 is 11.8 Å². The summed E-state index contributed by atoms with van der Waals surface area (Å²) in [6.07, 6.45) is 2.14. The first-order valence-electron chi connectivity index (χ1n) is 5.94. The normalized spacial score (nSPS) is 12.7. The van der Waals surface area contributed by atoms with Crippen LogP contribution in [0, 0.1) is 11.6 Å². The molecule has 0 heterocycles. The number of hydrogen-bond donors (Lipinski definition) is 1. The van der Waals surface area contributed by atoms with Crippen LogP contribution in [0.25, 0.3) is 0 Å². The summed E-state index contributed by atoms with van der Waals surface area (Å²) in [6.45, 7) is 5.30. The Kier molecular flexibility index (Phi) is 6.52. The van der Waals surface area contributed by atoms with Crippen LogP contribution in [0.3, 0.4) is 0 Å². The van der Waals surface area contributed by atoms with Crippen LogP contribution in [0.15, 0.2) is 23.1 Å². The summed E-state index contributed by atoms with van der Waals surface area (Å²) in [4.78, 5) is 0.784. The molecule has 1 atom stereocenters. The molecule has 0 bridgehead atoms. The highest BCUT2D eigenvalue weighted by Crippen LogP contribution is 2.21. The van der Waals surface area contributed by atoms with Gasteiger partial charge < -0.3 is 5.32 Å². The van der Waals surface area contributed by atoms with Crippen LogP contribution in [-0.2, 0) is 0 Å². The Morgan fingerprint density at radius 2 is 2.06 bits per heavy atom.